The van der Waals surface area contributed by atoms with E-state index in [0.717, 1.165) is 17.8 Å². The second kappa shape index (κ2) is 3.62. The Kier molecular flexibility index (Phi) is 2.39. The number of hydrogen-bond donors (Lipinski definition) is 1. The van der Waals surface area contributed by atoms with Gasteiger partial charge in [-0.25, -0.2) is 0 Å². The van der Waals surface area contributed by atoms with Gasteiger partial charge in [-0.2, -0.15) is 0 Å². The van der Waals surface area contributed by atoms with E-state index in [2.05, 4.69) is 24.4 Å². The van der Waals surface area contributed by atoms with E-state index in [1.165, 1.54) is 45.2 Å². The van der Waals surface area contributed by atoms with Crippen LogP contribution in [0.3, 0.4) is 0 Å². The summed E-state index contributed by atoms with van der Waals surface area (Å²) in [6.45, 7) is 4.89. The number of fused-ring (bicyclic) bond motifs is 2. The third-order valence-electron chi connectivity index (χ3n) is 5.03. The molecule has 84 valence electrons. The van der Waals surface area contributed by atoms with Crippen LogP contribution in [0, 0.1) is 23.2 Å². The van der Waals surface area contributed by atoms with Crippen LogP contribution in [0.4, 0.5) is 0 Å². The summed E-state index contributed by atoms with van der Waals surface area (Å²) in [6.07, 6.45) is 12.1. The Morgan fingerprint density at radius 1 is 1.27 bits per heavy atom. The van der Waals surface area contributed by atoms with E-state index in [9.17, 15) is 0 Å². The summed E-state index contributed by atoms with van der Waals surface area (Å²) in [6, 6.07) is 0. The van der Waals surface area contributed by atoms with Gasteiger partial charge in [0, 0.05) is 6.54 Å². The minimum atomic E-state index is 0.716. The maximum absolute atomic E-state index is 3.73. The molecule has 15 heavy (non-hydrogen) atoms. The lowest BCUT2D eigenvalue weighted by atomic mass is 9.93. The van der Waals surface area contributed by atoms with Crippen molar-refractivity contribution in [2.75, 3.05) is 13.1 Å². The second-order valence-corrected chi connectivity index (χ2v) is 6.02. The van der Waals surface area contributed by atoms with E-state index in [-0.39, 0.29) is 0 Å². The van der Waals surface area contributed by atoms with E-state index in [1.54, 1.807) is 0 Å². The third-order valence-corrected chi connectivity index (χ3v) is 5.03. The van der Waals surface area contributed by atoms with Crippen LogP contribution in [0.2, 0.25) is 0 Å². The average molecular weight is 205 g/mol. The molecule has 0 spiro atoms. The molecule has 0 aromatic heterocycles. The van der Waals surface area contributed by atoms with Crippen molar-refractivity contribution in [3.8, 4) is 0 Å². The van der Waals surface area contributed by atoms with Gasteiger partial charge < -0.3 is 5.32 Å². The zero-order chi connectivity index (χ0) is 10.3. The molecule has 3 aliphatic carbocycles. The summed E-state index contributed by atoms with van der Waals surface area (Å²) in [5.41, 5.74) is 0.716. The van der Waals surface area contributed by atoms with E-state index in [1.807, 2.05) is 0 Å². The van der Waals surface area contributed by atoms with Crippen LogP contribution in [0.1, 0.15) is 39.0 Å². The summed E-state index contributed by atoms with van der Waals surface area (Å²) >= 11 is 0. The van der Waals surface area contributed by atoms with Crippen LogP contribution in [0.25, 0.3) is 0 Å². The minimum Gasteiger partial charge on any atom is -0.316 e. The van der Waals surface area contributed by atoms with Gasteiger partial charge in [0.2, 0.25) is 0 Å². The Morgan fingerprint density at radius 2 is 2.13 bits per heavy atom. The van der Waals surface area contributed by atoms with Crippen molar-refractivity contribution in [1.29, 1.82) is 0 Å². The fourth-order valence-corrected chi connectivity index (χ4v) is 3.48. The van der Waals surface area contributed by atoms with E-state index in [4.69, 9.17) is 0 Å². The van der Waals surface area contributed by atoms with Gasteiger partial charge in [0.1, 0.15) is 0 Å². The molecule has 0 heterocycles. The average Bonchev–Trinajstić information content (AvgIpc) is 2.73. The molecule has 0 saturated heterocycles. The quantitative estimate of drug-likeness (QED) is 0.680. The minimum absolute atomic E-state index is 0.716. The SMILES string of the molecule is CCC1(CNCC2CC3C=CC2C3)CC1. The first kappa shape index (κ1) is 9.89. The number of allylic oxidation sites excluding steroid dienone is 2. The van der Waals surface area contributed by atoms with Gasteiger partial charge in [0.05, 0.1) is 0 Å². The first-order chi connectivity index (χ1) is 7.31. The number of hydrogen-bond acceptors (Lipinski definition) is 1. The molecule has 0 aromatic rings. The van der Waals surface area contributed by atoms with Crippen molar-refractivity contribution in [2.45, 2.75) is 39.0 Å². The van der Waals surface area contributed by atoms with Gasteiger partial charge >= 0.3 is 0 Å². The summed E-state index contributed by atoms with van der Waals surface area (Å²) in [4.78, 5) is 0. The first-order valence-electron chi connectivity index (χ1n) is 6.70. The maximum atomic E-state index is 3.73. The van der Waals surface area contributed by atoms with Gasteiger partial charge in [-0.3, -0.25) is 0 Å². The van der Waals surface area contributed by atoms with Crippen LogP contribution < -0.4 is 5.32 Å². The molecule has 1 heteroatoms. The molecular weight excluding hydrogens is 182 g/mol. The molecule has 2 saturated carbocycles. The fraction of sp³-hybridized carbons (Fsp3) is 0.857. The highest BCUT2D eigenvalue weighted by molar-refractivity contribution is 5.10. The molecule has 3 unspecified atom stereocenters. The molecule has 0 aromatic carbocycles. The summed E-state index contributed by atoms with van der Waals surface area (Å²) in [5.74, 6) is 2.80. The summed E-state index contributed by atoms with van der Waals surface area (Å²) < 4.78 is 0. The van der Waals surface area contributed by atoms with Crippen molar-refractivity contribution in [3.05, 3.63) is 12.2 Å². The molecule has 0 radical (unpaired) electrons. The topological polar surface area (TPSA) is 12.0 Å². The van der Waals surface area contributed by atoms with Crippen molar-refractivity contribution < 1.29 is 0 Å². The van der Waals surface area contributed by atoms with Crippen molar-refractivity contribution in [2.24, 2.45) is 23.2 Å². The number of nitrogens with one attached hydrogen (secondary N) is 1. The maximum Gasteiger partial charge on any atom is 0.000783 e. The lowest BCUT2D eigenvalue weighted by molar-refractivity contribution is 0.373. The summed E-state index contributed by atoms with van der Waals surface area (Å²) in [5, 5.41) is 3.73. The molecule has 2 bridgehead atoms. The molecule has 1 nitrogen and oxygen atoms in total. The molecule has 3 rings (SSSR count). The molecule has 2 fully saturated rings. The van der Waals surface area contributed by atoms with Crippen molar-refractivity contribution >= 4 is 0 Å². The predicted octanol–water partition coefficient (Wildman–Crippen LogP) is 2.98. The lowest BCUT2D eigenvalue weighted by Gasteiger charge is -2.20. The standard InChI is InChI=1S/C14H23N/c1-2-14(5-6-14)10-15-9-13-8-11-3-4-12(13)7-11/h3-4,11-13,15H,2,5-10H2,1H3. The normalized spacial score (nSPS) is 39.9. The smallest absolute Gasteiger partial charge is 0.000783 e. The number of rotatable bonds is 5. The van der Waals surface area contributed by atoms with Gasteiger partial charge in [-0.05, 0) is 61.8 Å². The fourth-order valence-electron chi connectivity index (χ4n) is 3.48. The van der Waals surface area contributed by atoms with Crippen LogP contribution in [0.5, 0.6) is 0 Å². The zero-order valence-electron chi connectivity index (χ0n) is 9.84. The van der Waals surface area contributed by atoms with Crippen LogP contribution >= 0.6 is 0 Å². The Bertz CT molecular complexity index is 265. The highest BCUT2D eigenvalue weighted by atomic mass is 14.9. The van der Waals surface area contributed by atoms with Crippen LogP contribution in [-0.2, 0) is 0 Å². The Balaban J connectivity index is 1.42. The van der Waals surface area contributed by atoms with Crippen LogP contribution in [0.15, 0.2) is 12.2 Å². The first-order valence-corrected chi connectivity index (χ1v) is 6.70. The molecule has 1 N–H and O–H groups in total. The van der Waals surface area contributed by atoms with Crippen LogP contribution in [-0.4, -0.2) is 13.1 Å². The summed E-state index contributed by atoms with van der Waals surface area (Å²) in [7, 11) is 0. The van der Waals surface area contributed by atoms with Gasteiger partial charge in [-0.1, -0.05) is 19.1 Å². The van der Waals surface area contributed by atoms with Gasteiger partial charge in [-0.15, -0.1) is 0 Å². The van der Waals surface area contributed by atoms with E-state index >= 15 is 0 Å². The van der Waals surface area contributed by atoms with Crippen molar-refractivity contribution in [1.82, 2.24) is 5.32 Å². The predicted molar refractivity (Wildman–Crippen MR) is 63.7 cm³/mol. The molecule has 0 aliphatic heterocycles. The van der Waals surface area contributed by atoms with Gasteiger partial charge in [0.25, 0.3) is 0 Å². The zero-order valence-corrected chi connectivity index (χ0v) is 9.84. The van der Waals surface area contributed by atoms with Gasteiger partial charge in [0.15, 0.2) is 0 Å². The molecule has 3 aliphatic rings. The third kappa shape index (κ3) is 1.87. The van der Waals surface area contributed by atoms with Crippen molar-refractivity contribution in [3.63, 3.8) is 0 Å². The highest BCUT2D eigenvalue weighted by Gasteiger charge is 2.41. The molecule has 3 atom stereocenters. The Labute approximate surface area is 93.3 Å². The Morgan fingerprint density at radius 3 is 2.67 bits per heavy atom. The second-order valence-electron chi connectivity index (χ2n) is 6.02. The highest BCUT2D eigenvalue weighted by Crippen LogP contribution is 2.48. The monoisotopic (exact) mass is 205 g/mol. The molecular formula is C14H23N. The van der Waals surface area contributed by atoms with E-state index in [0.29, 0.717) is 5.41 Å². The van der Waals surface area contributed by atoms with E-state index < -0.39 is 0 Å². The largest absolute Gasteiger partial charge is 0.316 e. The lowest BCUT2D eigenvalue weighted by Crippen LogP contribution is -2.30. The molecule has 0 amide bonds. The Hall–Kier alpha value is -0.300.